The smallest absolute Gasteiger partial charge is 0.215 e. The van der Waals surface area contributed by atoms with E-state index in [2.05, 4.69) is 33.6 Å². The van der Waals surface area contributed by atoms with E-state index in [0.717, 1.165) is 16.4 Å². The van der Waals surface area contributed by atoms with Gasteiger partial charge in [0, 0.05) is 5.39 Å². The number of hydrogen-bond acceptors (Lipinski definition) is 3. The highest BCUT2D eigenvalue weighted by molar-refractivity contribution is 6.04. The summed E-state index contributed by atoms with van der Waals surface area (Å²) in [4.78, 5) is 7.46. The summed E-state index contributed by atoms with van der Waals surface area (Å²) in [5.74, 6) is 5.90. The van der Waals surface area contributed by atoms with Crippen LogP contribution in [0.2, 0.25) is 0 Å². The third kappa shape index (κ3) is 1.15. The quantitative estimate of drug-likeness (QED) is 0.414. The first kappa shape index (κ1) is 8.26. The molecule has 2 aromatic carbocycles. The van der Waals surface area contributed by atoms with Gasteiger partial charge in [-0.3, -0.25) is 5.43 Å². The maximum atomic E-state index is 5.31. The maximum Gasteiger partial charge on any atom is 0.215 e. The number of anilines is 1. The predicted molar refractivity (Wildman–Crippen MR) is 61.4 cm³/mol. The van der Waals surface area contributed by atoms with Crippen LogP contribution in [0.1, 0.15) is 0 Å². The van der Waals surface area contributed by atoms with Crippen LogP contribution in [-0.4, -0.2) is 9.97 Å². The van der Waals surface area contributed by atoms with Crippen LogP contribution in [0, 0.1) is 0 Å². The molecule has 0 atom stereocenters. The minimum Gasteiger partial charge on any atom is -0.323 e. The first-order valence-corrected chi connectivity index (χ1v) is 4.72. The SMILES string of the molecule is NNc1nc2c(ccc3ccccc32)[nH]1. The van der Waals surface area contributed by atoms with Crippen molar-refractivity contribution in [1.29, 1.82) is 0 Å². The molecular formula is C11H10N4. The second-order valence-corrected chi connectivity index (χ2v) is 3.41. The standard InChI is InChI=1S/C11H10N4/c12-15-11-13-9-6-5-7-3-1-2-4-8(7)10(9)14-11/h1-6H,12H2,(H2,13,14,15). The largest absolute Gasteiger partial charge is 0.323 e. The Bertz CT molecular complexity index is 627. The van der Waals surface area contributed by atoms with Crippen LogP contribution < -0.4 is 11.3 Å². The lowest BCUT2D eigenvalue weighted by atomic mass is 10.1. The van der Waals surface area contributed by atoms with Gasteiger partial charge < -0.3 is 4.98 Å². The number of imidazole rings is 1. The van der Waals surface area contributed by atoms with Crippen molar-refractivity contribution in [2.45, 2.75) is 0 Å². The molecule has 0 unspecified atom stereocenters. The number of aromatic nitrogens is 2. The van der Waals surface area contributed by atoms with Crippen LogP contribution in [0.3, 0.4) is 0 Å². The number of hydrazine groups is 1. The number of hydrogen-bond donors (Lipinski definition) is 3. The summed E-state index contributed by atoms with van der Waals surface area (Å²) in [6, 6.07) is 12.2. The number of nitrogen functional groups attached to an aromatic ring is 1. The monoisotopic (exact) mass is 198 g/mol. The van der Waals surface area contributed by atoms with Crippen molar-refractivity contribution in [3.8, 4) is 0 Å². The molecule has 0 aliphatic carbocycles. The van der Waals surface area contributed by atoms with Crippen LogP contribution in [0.25, 0.3) is 21.8 Å². The number of rotatable bonds is 1. The lowest BCUT2D eigenvalue weighted by Gasteiger charge is -1.96. The first-order chi connectivity index (χ1) is 7.38. The van der Waals surface area contributed by atoms with E-state index in [-0.39, 0.29) is 0 Å². The van der Waals surface area contributed by atoms with Gasteiger partial charge in [0.1, 0.15) is 0 Å². The van der Waals surface area contributed by atoms with Gasteiger partial charge in [0.25, 0.3) is 0 Å². The number of fused-ring (bicyclic) bond motifs is 3. The van der Waals surface area contributed by atoms with Crippen molar-refractivity contribution >= 4 is 27.8 Å². The molecule has 0 aliphatic heterocycles. The third-order valence-electron chi connectivity index (χ3n) is 2.51. The minimum atomic E-state index is 0.585. The topological polar surface area (TPSA) is 66.7 Å². The number of H-pyrrole nitrogens is 1. The normalized spacial score (nSPS) is 11.0. The van der Waals surface area contributed by atoms with E-state index < -0.39 is 0 Å². The van der Waals surface area contributed by atoms with E-state index in [0.29, 0.717) is 5.95 Å². The molecule has 0 amide bonds. The third-order valence-corrected chi connectivity index (χ3v) is 2.51. The minimum absolute atomic E-state index is 0.585. The molecule has 0 radical (unpaired) electrons. The predicted octanol–water partition coefficient (Wildman–Crippen LogP) is 2.00. The van der Waals surface area contributed by atoms with Crippen LogP contribution in [0.15, 0.2) is 36.4 Å². The fraction of sp³-hybridized carbons (Fsp3) is 0. The summed E-state index contributed by atoms with van der Waals surface area (Å²) in [5.41, 5.74) is 4.45. The molecule has 3 aromatic rings. The Balaban J connectivity index is 2.47. The summed E-state index contributed by atoms with van der Waals surface area (Å²) in [6.45, 7) is 0. The molecule has 0 spiro atoms. The summed E-state index contributed by atoms with van der Waals surface area (Å²) >= 11 is 0. The molecule has 4 heteroatoms. The van der Waals surface area contributed by atoms with Crippen molar-refractivity contribution in [3.63, 3.8) is 0 Å². The molecule has 0 aliphatic rings. The average molecular weight is 198 g/mol. The fourth-order valence-electron chi connectivity index (χ4n) is 1.81. The van der Waals surface area contributed by atoms with Crippen molar-refractivity contribution < 1.29 is 0 Å². The molecular weight excluding hydrogens is 188 g/mol. The van der Waals surface area contributed by atoms with Gasteiger partial charge in [-0.25, -0.2) is 10.8 Å². The lowest BCUT2D eigenvalue weighted by Crippen LogP contribution is -2.07. The Labute approximate surface area is 86.1 Å². The van der Waals surface area contributed by atoms with E-state index in [4.69, 9.17) is 5.84 Å². The lowest BCUT2D eigenvalue weighted by molar-refractivity contribution is 1.21. The van der Waals surface area contributed by atoms with Gasteiger partial charge in [-0.2, -0.15) is 0 Å². The van der Waals surface area contributed by atoms with Gasteiger partial charge in [0.2, 0.25) is 5.95 Å². The Kier molecular flexibility index (Phi) is 1.63. The Morgan fingerprint density at radius 2 is 2.00 bits per heavy atom. The zero-order valence-electron chi connectivity index (χ0n) is 7.99. The molecule has 0 saturated heterocycles. The zero-order valence-corrected chi connectivity index (χ0v) is 7.99. The first-order valence-electron chi connectivity index (χ1n) is 4.72. The Morgan fingerprint density at radius 1 is 1.13 bits per heavy atom. The van der Waals surface area contributed by atoms with E-state index in [9.17, 15) is 0 Å². The maximum absolute atomic E-state index is 5.31. The van der Waals surface area contributed by atoms with Crippen LogP contribution in [0.5, 0.6) is 0 Å². The number of nitrogens with one attached hydrogen (secondary N) is 2. The van der Waals surface area contributed by atoms with Crippen molar-refractivity contribution in [2.24, 2.45) is 5.84 Å². The highest BCUT2D eigenvalue weighted by Crippen LogP contribution is 2.24. The van der Waals surface area contributed by atoms with Crippen LogP contribution in [0.4, 0.5) is 5.95 Å². The Hall–Kier alpha value is -2.07. The average Bonchev–Trinajstić information content (AvgIpc) is 2.72. The molecule has 4 nitrogen and oxygen atoms in total. The van der Waals surface area contributed by atoms with E-state index in [1.807, 2.05) is 18.2 Å². The van der Waals surface area contributed by atoms with Crippen molar-refractivity contribution in [2.75, 3.05) is 5.43 Å². The van der Waals surface area contributed by atoms with Gasteiger partial charge in [-0.15, -0.1) is 0 Å². The summed E-state index contributed by atoms with van der Waals surface area (Å²) in [7, 11) is 0. The number of nitrogens with two attached hydrogens (primary N) is 1. The summed E-state index contributed by atoms with van der Waals surface area (Å²) in [6.07, 6.45) is 0. The van der Waals surface area contributed by atoms with Gasteiger partial charge in [0.15, 0.2) is 0 Å². The fourth-order valence-corrected chi connectivity index (χ4v) is 1.81. The number of aromatic amines is 1. The molecule has 4 N–H and O–H groups in total. The van der Waals surface area contributed by atoms with Crippen molar-refractivity contribution in [1.82, 2.24) is 9.97 Å². The van der Waals surface area contributed by atoms with Gasteiger partial charge in [0.05, 0.1) is 11.0 Å². The molecule has 1 heterocycles. The second kappa shape index (κ2) is 2.96. The molecule has 3 rings (SSSR count). The highest BCUT2D eigenvalue weighted by atomic mass is 15.3. The van der Waals surface area contributed by atoms with E-state index in [1.54, 1.807) is 0 Å². The summed E-state index contributed by atoms with van der Waals surface area (Å²) in [5, 5.41) is 2.31. The number of nitrogens with zero attached hydrogens (tertiary/aromatic N) is 1. The van der Waals surface area contributed by atoms with E-state index >= 15 is 0 Å². The Morgan fingerprint density at radius 3 is 2.87 bits per heavy atom. The van der Waals surface area contributed by atoms with Gasteiger partial charge in [-0.1, -0.05) is 30.3 Å². The molecule has 1 aromatic heterocycles. The second-order valence-electron chi connectivity index (χ2n) is 3.41. The molecule has 15 heavy (non-hydrogen) atoms. The van der Waals surface area contributed by atoms with E-state index in [1.165, 1.54) is 5.39 Å². The highest BCUT2D eigenvalue weighted by Gasteiger charge is 2.04. The molecule has 0 saturated carbocycles. The zero-order chi connectivity index (χ0) is 10.3. The number of benzene rings is 2. The summed E-state index contributed by atoms with van der Waals surface area (Å²) < 4.78 is 0. The molecule has 74 valence electrons. The van der Waals surface area contributed by atoms with Gasteiger partial charge >= 0.3 is 0 Å². The van der Waals surface area contributed by atoms with Crippen LogP contribution >= 0.6 is 0 Å². The molecule has 0 fully saturated rings. The molecule has 0 bridgehead atoms. The van der Waals surface area contributed by atoms with Crippen molar-refractivity contribution in [3.05, 3.63) is 36.4 Å². The van der Waals surface area contributed by atoms with Crippen LogP contribution in [-0.2, 0) is 0 Å². The van der Waals surface area contributed by atoms with Gasteiger partial charge in [-0.05, 0) is 11.5 Å².